The first kappa shape index (κ1) is 14.5. The molecule has 1 aromatic rings. The summed E-state index contributed by atoms with van der Waals surface area (Å²) < 4.78 is 0. The van der Waals surface area contributed by atoms with E-state index in [0.29, 0.717) is 6.04 Å². The molecule has 0 amide bonds. The Bertz CT molecular complexity index is 336. The van der Waals surface area contributed by atoms with Gasteiger partial charge in [0.2, 0.25) is 0 Å². The maximum atomic E-state index is 6.33. The third kappa shape index (κ3) is 4.69. The van der Waals surface area contributed by atoms with Crippen LogP contribution in [0.25, 0.3) is 0 Å². The molecular weight excluding hydrogens is 230 g/mol. The Morgan fingerprint density at radius 1 is 1.24 bits per heavy atom. The van der Waals surface area contributed by atoms with Crippen LogP contribution in [-0.4, -0.2) is 6.54 Å². The van der Waals surface area contributed by atoms with Gasteiger partial charge in [0.1, 0.15) is 0 Å². The lowest BCUT2D eigenvalue weighted by Gasteiger charge is -2.19. The molecule has 0 aliphatic heterocycles. The molecule has 1 aromatic carbocycles. The van der Waals surface area contributed by atoms with Crippen LogP contribution in [0.4, 0.5) is 0 Å². The van der Waals surface area contributed by atoms with Gasteiger partial charge in [-0.25, -0.2) is 0 Å². The van der Waals surface area contributed by atoms with Crippen molar-refractivity contribution in [3.8, 4) is 0 Å². The van der Waals surface area contributed by atoms with Crippen molar-refractivity contribution in [3.63, 3.8) is 0 Å². The summed E-state index contributed by atoms with van der Waals surface area (Å²) in [4.78, 5) is 0. The summed E-state index contributed by atoms with van der Waals surface area (Å²) >= 11 is 6.33. The Morgan fingerprint density at radius 2 is 2.00 bits per heavy atom. The first-order valence-corrected chi connectivity index (χ1v) is 7.06. The Morgan fingerprint density at radius 3 is 2.59 bits per heavy atom. The highest BCUT2D eigenvalue weighted by atomic mass is 35.5. The SMILES string of the molecule is CCCCCC(NCC)c1ccc(C)cc1Cl. The van der Waals surface area contributed by atoms with Gasteiger partial charge in [-0.1, -0.05) is 56.8 Å². The molecule has 0 heterocycles. The van der Waals surface area contributed by atoms with E-state index in [0.717, 1.165) is 11.6 Å². The van der Waals surface area contributed by atoms with E-state index >= 15 is 0 Å². The van der Waals surface area contributed by atoms with Crippen LogP contribution < -0.4 is 5.32 Å². The zero-order valence-corrected chi connectivity index (χ0v) is 12.0. The summed E-state index contributed by atoms with van der Waals surface area (Å²) in [5.41, 5.74) is 2.47. The Labute approximate surface area is 111 Å². The smallest absolute Gasteiger partial charge is 0.0456 e. The number of hydrogen-bond donors (Lipinski definition) is 1. The van der Waals surface area contributed by atoms with Crippen LogP contribution in [0.15, 0.2) is 18.2 Å². The van der Waals surface area contributed by atoms with Gasteiger partial charge in [-0.05, 0) is 37.1 Å². The molecule has 17 heavy (non-hydrogen) atoms. The lowest BCUT2D eigenvalue weighted by molar-refractivity contribution is 0.486. The number of benzene rings is 1. The molecule has 2 heteroatoms. The topological polar surface area (TPSA) is 12.0 Å². The monoisotopic (exact) mass is 253 g/mol. The Balaban J connectivity index is 2.74. The molecule has 1 N–H and O–H groups in total. The van der Waals surface area contributed by atoms with E-state index in [9.17, 15) is 0 Å². The van der Waals surface area contributed by atoms with Gasteiger partial charge in [0.25, 0.3) is 0 Å². The van der Waals surface area contributed by atoms with Crippen LogP contribution in [-0.2, 0) is 0 Å². The maximum absolute atomic E-state index is 6.33. The number of aryl methyl sites for hydroxylation is 1. The summed E-state index contributed by atoms with van der Waals surface area (Å²) in [6, 6.07) is 6.77. The third-order valence-electron chi connectivity index (χ3n) is 3.08. The lowest BCUT2D eigenvalue weighted by atomic mass is 9.99. The first-order chi connectivity index (χ1) is 8.19. The average Bonchev–Trinajstić information content (AvgIpc) is 2.28. The highest BCUT2D eigenvalue weighted by Gasteiger charge is 2.13. The number of halogens is 1. The Hall–Kier alpha value is -0.530. The zero-order chi connectivity index (χ0) is 12.7. The second-order valence-electron chi connectivity index (χ2n) is 4.63. The van der Waals surface area contributed by atoms with E-state index in [1.54, 1.807) is 0 Å². The van der Waals surface area contributed by atoms with E-state index in [1.807, 2.05) is 0 Å². The number of nitrogens with one attached hydrogen (secondary N) is 1. The van der Waals surface area contributed by atoms with Crippen LogP contribution in [0, 0.1) is 6.92 Å². The molecule has 0 radical (unpaired) electrons. The van der Waals surface area contributed by atoms with Crippen LogP contribution in [0.3, 0.4) is 0 Å². The van der Waals surface area contributed by atoms with Gasteiger partial charge in [0.15, 0.2) is 0 Å². The standard InChI is InChI=1S/C15H24ClN/c1-4-6-7-8-15(17-5-2)13-10-9-12(3)11-14(13)16/h9-11,15,17H,4-8H2,1-3H3. The molecule has 0 bridgehead atoms. The predicted molar refractivity (Wildman–Crippen MR) is 76.7 cm³/mol. The van der Waals surface area contributed by atoms with Gasteiger partial charge in [-0.3, -0.25) is 0 Å². The summed E-state index contributed by atoms with van der Waals surface area (Å²) in [7, 11) is 0. The molecule has 1 atom stereocenters. The molecule has 0 spiro atoms. The molecule has 1 unspecified atom stereocenters. The molecule has 0 saturated carbocycles. The summed E-state index contributed by atoms with van der Waals surface area (Å²) in [6.07, 6.45) is 4.99. The van der Waals surface area contributed by atoms with Gasteiger partial charge < -0.3 is 5.32 Å². The normalized spacial score (nSPS) is 12.7. The fourth-order valence-corrected chi connectivity index (χ4v) is 2.49. The van der Waals surface area contributed by atoms with Crippen molar-refractivity contribution in [1.82, 2.24) is 5.32 Å². The number of unbranched alkanes of at least 4 members (excludes halogenated alkanes) is 2. The van der Waals surface area contributed by atoms with Crippen molar-refractivity contribution in [3.05, 3.63) is 34.3 Å². The predicted octanol–water partition coefficient (Wildman–Crippen LogP) is 4.88. The highest BCUT2D eigenvalue weighted by Crippen LogP contribution is 2.27. The lowest BCUT2D eigenvalue weighted by Crippen LogP contribution is -2.21. The third-order valence-corrected chi connectivity index (χ3v) is 3.41. The molecule has 96 valence electrons. The highest BCUT2D eigenvalue weighted by molar-refractivity contribution is 6.31. The summed E-state index contributed by atoms with van der Waals surface area (Å²) in [6.45, 7) is 7.45. The summed E-state index contributed by atoms with van der Waals surface area (Å²) in [5, 5.41) is 4.43. The van der Waals surface area contributed by atoms with Gasteiger partial charge in [0, 0.05) is 11.1 Å². The second kappa shape index (κ2) is 7.73. The zero-order valence-electron chi connectivity index (χ0n) is 11.2. The van der Waals surface area contributed by atoms with Crippen molar-refractivity contribution in [2.24, 2.45) is 0 Å². The fraction of sp³-hybridized carbons (Fsp3) is 0.600. The van der Waals surface area contributed by atoms with Crippen molar-refractivity contribution in [2.75, 3.05) is 6.54 Å². The average molecular weight is 254 g/mol. The minimum atomic E-state index is 0.402. The minimum Gasteiger partial charge on any atom is -0.310 e. The Kier molecular flexibility index (Phi) is 6.61. The summed E-state index contributed by atoms with van der Waals surface area (Å²) in [5.74, 6) is 0. The number of hydrogen-bond acceptors (Lipinski definition) is 1. The van der Waals surface area contributed by atoms with Crippen LogP contribution >= 0.6 is 11.6 Å². The van der Waals surface area contributed by atoms with Gasteiger partial charge in [-0.2, -0.15) is 0 Å². The van der Waals surface area contributed by atoms with Crippen molar-refractivity contribution in [1.29, 1.82) is 0 Å². The maximum Gasteiger partial charge on any atom is 0.0456 e. The van der Waals surface area contributed by atoms with Gasteiger partial charge >= 0.3 is 0 Å². The largest absolute Gasteiger partial charge is 0.310 e. The molecule has 0 aliphatic carbocycles. The second-order valence-corrected chi connectivity index (χ2v) is 5.04. The van der Waals surface area contributed by atoms with Crippen LogP contribution in [0.5, 0.6) is 0 Å². The molecule has 1 rings (SSSR count). The first-order valence-electron chi connectivity index (χ1n) is 6.68. The molecule has 0 fully saturated rings. The van der Waals surface area contributed by atoms with Crippen LogP contribution in [0.2, 0.25) is 5.02 Å². The van der Waals surface area contributed by atoms with E-state index in [-0.39, 0.29) is 0 Å². The van der Waals surface area contributed by atoms with E-state index in [4.69, 9.17) is 11.6 Å². The van der Waals surface area contributed by atoms with Crippen molar-refractivity contribution >= 4 is 11.6 Å². The number of rotatable bonds is 7. The van der Waals surface area contributed by atoms with Crippen LogP contribution in [0.1, 0.15) is 56.7 Å². The minimum absolute atomic E-state index is 0.402. The van der Waals surface area contributed by atoms with Crippen molar-refractivity contribution < 1.29 is 0 Å². The molecule has 0 aromatic heterocycles. The van der Waals surface area contributed by atoms with Gasteiger partial charge in [-0.15, -0.1) is 0 Å². The quantitative estimate of drug-likeness (QED) is 0.683. The van der Waals surface area contributed by atoms with E-state index in [2.05, 4.69) is 44.3 Å². The molecule has 1 nitrogen and oxygen atoms in total. The van der Waals surface area contributed by atoms with E-state index in [1.165, 1.54) is 36.8 Å². The molecule has 0 saturated heterocycles. The van der Waals surface area contributed by atoms with E-state index < -0.39 is 0 Å². The molecular formula is C15H24ClN. The van der Waals surface area contributed by atoms with Gasteiger partial charge in [0.05, 0.1) is 0 Å². The molecule has 0 aliphatic rings. The fourth-order valence-electron chi connectivity index (χ4n) is 2.13. The van der Waals surface area contributed by atoms with Crippen molar-refractivity contribution in [2.45, 2.75) is 52.5 Å².